The van der Waals surface area contributed by atoms with E-state index in [4.69, 9.17) is 0 Å². The van der Waals surface area contributed by atoms with E-state index in [2.05, 4.69) is 17.1 Å². The number of phenols is 1. The fourth-order valence-electron chi connectivity index (χ4n) is 2.50. The summed E-state index contributed by atoms with van der Waals surface area (Å²) in [6, 6.07) is 6.89. The van der Waals surface area contributed by atoms with Gasteiger partial charge in [0.15, 0.2) is 0 Å². The number of aromatic hydroxyl groups is 1. The molecule has 4 nitrogen and oxygen atoms in total. The zero-order valence-corrected chi connectivity index (χ0v) is 10.7. The van der Waals surface area contributed by atoms with Gasteiger partial charge in [0.2, 0.25) is 0 Å². The lowest BCUT2D eigenvalue weighted by Gasteiger charge is -2.22. The molecule has 2 N–H and O–H groups in total. The van der Waals surface area contributed by atoms with Gasteiger partial charge in [-0.2, -0.15) is 0 Å². The molecule has 1 fully saturated rings. The number of hydrogen-bond acceptors (Lipinski definition) is 3. The zero-order valence-electron chi connectivity index (χ0n) is 10.7. The largest absolute Gasteiger partial charge is 0.508 e. The Labute approximate surface area is 108 Å². The summed E-state index contributed by atoms with van der Waals surface area (Å²) >= 11 is 0. The molecule has 1 aliphatic rings. The lowest BCUT2D eigenvalue weighted by molar-refractivity contribution is 0.0941. The molecule has 0 spiro atoms. The number of likely N-dealkylation sites (N-methyl/N-ethyl adjacent to an activating group) is 1. The van der Waals surface area contributed by atoms with Crippen molar-refractivity contribution in [3.8, 4) is 5.75 Å². The lowest BCUT2D eigenvalue weighted by atomic mass is 10.2. The van der Waals surface area contributed by atoms with Gasteiger partial charge in [-0.1, -0.05) is 13.0 Å². The Morgan fingerprint density at radius 3 is 3.11 bits per heavy atom. The highest BCUT2D eigenvalue weighted by Gasteiger charge is 2.23. The standard InChI is InChI=1S/C14H20N2O2/c1-2-16-8-4-6-12(16)10-15-14(18)11-5-3-7-13(17)9-11/h3,5,7,9,12,17H,2,4,6,8,10H2,1H3,(H,15,18). The number of rotatable bonds is 4. The number of nitrogens with zero attached hydrogens (tertiary/aromatic N) is 1. The van der Waals surface area contributed by atoms with Crippen molar-refractivity contribution in [2.24, 2.45) is 0 Å². The summed E-state index contributed by atoms with van der Waals surface area (Å²) in [5.41, 5.74) is 0.510. The van der Waals surface area contributed by atoms with Gasteiger partial charge in [0.05, 0.1) is 0 Å². The molecule has 1 atom stereocenters. The molecule has 1 aromatic carbocycles. The number of phenolic OH excluding ortho intramolecular Hbond substituents is 1. The first kappa shape index (κ1) is 12.9. The Balaban J connectivity index is 1.88. The first-order valence-corrected chi connectivity index (χ1v) is 6.52. The molecule has 2 rings (SSSR count). The van der Waals surface area contributed by atoms with Crippen LogP contribution in [-0.2, 0) is 0 Å². The van der Waals surface area contributed by atoms with E-state index in [1.807, 2.05) is 0 Å². The smallest absolute Gasteiger partial charge is 0.251 e. The van der Waals surface area contributed by atoms with E-state index in [1.165, 1.54) is 12.5 Å². The highest BCUT2D eigenvalue weighted by Crippen LogP contribution is 2.16. The van der Waals surface area contributed by atoms with Crippen LogP contribution in [0.4, 0.5) is 0 Å². The summed E-state index contributed by atoms with van der Waals surface area (Å²) in [5.74, 6) is 0.00699. The van der Waals surface area contributed by atoms with Crippen LogP contribution in [0.2, 0.25) is 0 Å². The number of nitrogens with one attached hydrogen (secondary N) is 1. The second kappa shape index (κ2) is 5.87. The van der Waals surface area contributed by atoms with Gasteiger partial charge in [-0.15, -0.1) is 0 Å². The van der Waals surface area contributed by atoms with Gasteiger partial charge in [-0.05, 0) is 44.1 Å². The lowest BCUT2D eigenvalue weighted by Crippen LogP contribution is -2.40. The second-order valence-corrected chi connectivity index (χ2v) is 4.68. The Kier molecular flexibility index (Phi) is 4.20. The summed E-state index contributed by atoms with van der Waals surface area (Å²) in [4.78, 5) is 14.3. The Hall–Kier alpha value is -1.55. The normalized spacial score (nSPS) is 19.9. The van der Waals surface area contributed by atoms with Crippen molar-refractivity contribution in [1.29, 1.82) is 0 Å². The monoisotopic (exact) mass is 248 g/mol. The van der Waals surface area contributed by atoms with Crippen LogP contribution in [-0.4, -0.2) is 41.6 Å². The molecule has 18 heavy (non-hydrogen) atoms. The molecule has 1 saturated heterocycles. The molecule has 0 saturated carbocycles. The predicted molar refractivity (Wildman–Crippen MR) is 70.7 cm³/mol. The molecule has 1 aliphatic heterocycles. The SMILES string of the molecule is CCN1CCCC1CNC(=O)c1cccc(O)c1. The molecule has 1 amide bonds. The van der Waals surface area contributed by atoms with Crippen molar-refractivity contribution in [3.05, 3.63) is 29.8 Å². The van der Waals surface area contributed by atoms with Crippen LogP contribution in [0, 0.1) is 0 Å². The fraction of sp³-hybridized carbons (Fsp3) is 0.500. The molecular weight excluding hydrogens is 228 g/mol. The van der Waals surface area contributed by atoms with Crippen LogP contribution in [0.1, 0.15) is 30.1 Å². The number of hydrogen-bond donors (Lipinski definition) is 2. The third-order valence-electron chi connectivity index (χ3n) is 3.51. The highest BCUT2D eigenvalue weighted by molar-refractivity contribution is 5.94. The van der Waals surface area contributed by atoms with E-state index in [0.29, 0.717) is 18.2 Å². The summed E-state index contributed by atoms with van der Waals surface area (Å²) < 4.78 is 0. The molecule has 0 bridgehead atoms. The average molecular weight is 248 g/mol. The van der Waals surface area contributed by atoms with Gasteiger partial charge in [0.25, 0.3) is 5.91 Å². The van der Waals surface area contributed by atoms with Crippen LogP contribution in [0.5, 0.6) is 5.75 Å². The van der Waals surface area contributed by atoms with Crippen molar-refractivity contribution >= 4 is 5.91 Å². The molecule has 0 aromatic heterocycles. The predicted octanol–water partition coefficient (Wildman–Crippen LogP) is 1.61. The zero-order chi connectivity index (χ0) is 13.0. The first-order chi connectivity index (χ1) is 8.70. The Morgan fingerprint density at radius 1 is 1.56 bits per heavy atom. The van der Waals surface area contributed by atoms with Gasteiger partial charge >= 0.3 is 0 Å². The maximum Gasteiger partial charge on any atom is 0.251 e. The maximum atomic E-state index is 11.9. The van der Waals surface area contributed by atoms with E-state index >= 15 is 0 Å². The molecule has 1 heterocycles. The van der Waals surface area contributed by atoms with E-state index in [1.54, 1.807) is 18.2 Å². The average Bonchev–Trinajstić information content (AvgIpc) is 2.83. The number of carbonyl (C=O) groups is 1. The molecule has 1 aromatic rings. The molecular formula is C14H20N2O2. The molecule has 0 aliphatic carbocycles. The number of benzene rings is 1. The molecule has 1 unspecified atom stereocenters. The third-order valence-corrected chi connectivity index (χ3v) is 3.51. The minimum Gasteiger partial charge on any atom is -0.508 e. The van der Waals surface area contributed by atoms with Crippen LogP contribution in [0.3, 0.4) is 0 Å². The van der Waals surface area contributed by atoms with Crippen LogP contribution < -0.4 is 5.32 Å². The summed E-state index contributed by atoms with van der Waals surface area (Å²) in [7, 11) is 0. The fourth-order valence-corrected chi connectivity index (χ4v) is 2.50. The van der Waals surface area contributed by atoms with Gasteiger partial charge in [0.1, 0.15) is 5.75 Å². The van der Waals surface area contributed by atoms with Crippen molar-refractivity contribution in [2.45, 2.75) is 25.8 Å². The number of amides is 1. The molecule has 98 valence electrons. The molecule has 0 radical (unpaired) electrons. The van der Waals surface area contributed by atoms with E-state index in [-0.39, 0.29) is 11.7 Å². The Morgan fingerprint density at radius 2 is 2.39 bits per heavy atom. The minimum absolute atomic E-state index is 0.117. The van der Waals surface area contributed by atoms with Gasteiger partial charge in [-0.25, -0.2) is 0 Å². The highest BCUT2D eigenvalue weighted by atomic mass is 16.3. The van der Waals surface area contributed by atoms with Crippen molar-refractivity contribution < 1.29 is 9.90 Å². The van der Waals surface area contributed by atoms with Gasteiger partial charge in [0, 0.05) is 18.2 Å². The van der Waals surface area contributed by atoms with Crippen LogP contribution in [0.25, 0.3) is 0 Å². The van der Waals surface area contributed by atoms with Crippen molar-refractivity contribution in [2.75, 3.05) is 19.6 Å². The first-order valence-electron chi connectivity index (χ1n) is 6.52. The number of likely N-dealkylation sites (tertiary alicyclic amines) is 1. The third kappa shape index (κ3) is 3.01. The summed E-state index contributed by atoms with van der Waals surface area (Å²) in [5, 5.41) is 12.3. The number of carbonyl (C=O) groups excluding carboxylic acids is 1. The second-order valence-electron chi connectivity index (χ2n) is 4.68. The Bertz CT molecular complexity index is 420. The summed E-state index contributed by atoms with van der Waals surface area (Å²) in [6.07, 6.45) is 2.36. The van der Waals surface area contributed by atoms with Crippen molar-refractivity contribution in [1.82, 2.24) is 10.2 Å². The van der Waals surface area contributed by atoms with E-state index in [9.17, 15) is 9.90 Å². The van der Waals surface area contributed by atoms with Crippen LogP contribution >= 0.6 is 0 Å². The maximum absolute atomic E-state index is 11.9. The minimum atomic E-state index is -0.117. The molecule has 4 heteroatoms. The van der Waals surface area contributed by atoms with E-state index < -0.39 is 0 Å². The topological polar surface area (TPSA) is 52.6 Å². The van der Waals surface area contributed by atoms with Gasteiger partial charge in [-0.3, -0.25) is 9.69 Å². The summed E-state index contributed by atoms with van der Waals surface area (Å²) in [6.45, 7) is 4.99. The van der Waals surface area contributed by atoms with Crippen LogP contribution in [0.15, 0.2) is 24.3 Å². The van der Waals surface area contributed by atoms with Gasteiger partial charge < -0.3 is 10.4 Å². The quantitative estimate of drug-likeness (QED) is 0.851. The van der Waals surface area contributed by atoms with Crippen molar-refractivity contribution in [3.63, 3.8) is 0 Å². The van der Waals surface area contributed by atoms with E-state index in [0.717, 1.165) is 19.5 Å².